The first-order valence-corrected chi connectivity index (χ1v) is 11.5. The smallest absolute Gasteiger partial charge is 0.291 e. The highest BCUT2D eigenvalue weighted by molar-refractivity contribution is 6.44. The molecule has 1 aromatic heterocycles. The summed E-state index contributed by atoms with van der Waals surface area (Å²) in [4.78, 5) is 44.3. The van der Waals surface area contributed by atoms with Crippen LogP contribution < -0.4 is 14.0 Å². The molecule has 9 heteroatoms. The number of carbonyl (C=O) groups excluding carboxylic acids is 3. The molecule has 3 aromatic rings. The molecule has 1 fully saturated rings. The summed E-state index contributed by atoms with van der Waals surface area (Å²) in [7, 11) is 0. The highest BCUT2D eigenvalue weighted by Crippen LogP contribution is 2.40. The predicted molar refractivity (Wildman–Crippen MR) is 122 cm³/mol. The van der Waals surface area contributed by atoms with E-state index in [9.17, 15) is 14.4 Å². The van der Waals surface area contributed by atoms with Gasteiger partial charge in [0.15, 0.2) is 17.3 Å². The average Bonchev–Trinajstić information content (AvgIpc) is 3.46. The Hall–Kier alpha value is -3.65. The summed E-state index contributed by atoms with van der Waals surface area (Å²) in [5.74, 6) is -1.91. The molecule has 34 heavy (non-hydrogen) atoms. The lowest BCUT2D eigenvalue weighted by Gasteiger charge is -2.27. The summed E-state index contributed by atoms with van der Waals surface area (Å²) in [6.45, 7) is 1.81. The number of amides is 1. The quantitative estimate of drug-likeness (QED) is 0.243. The Morgan fingerprint density at radius 2 is 1.85 bits per heavy atom. The number of nitrogens with one attached hydrogen (secondary N) is 1. The van der Waals surface area contributed by atoms with Crippen LogP contribution in [0.1, 0.15) is 28.4 Å². The maximum Gasteiger partial charge on any atom is 0.291 e. The fourth-order valence-corrected chi connectivity index (χ4v) is 4.65. The van der Waals surface area contributed by atoms with E-state index >= 15 is 0 Å². The van der Waals surface area contributed by atoms with Gasteiger partial charge >= 0.3 is 0 Å². The van der Waals surface area contributed by atoms with Crippen LogP contribution in [0.2, 0.25) is 5.02 Å². The Kier molecular flexibility index (Phi) is 6.06. The van der Waals surface area contributed by atoms with Crippen LogP contribution in [0.4, 0.5) is 0 Å². The number of H-pyrrole nitrogens is 1. The molecule has 174 valence electrons. The number of aromatic amines is 1. The van der Waals surface area contributed by atoms with Gasteiger partial charge in [0.2, 0.25) is 12.1 Å². The summed E-state index contributed by atoms with van der Waals surface area (Å²) >= 11 is 6.07. The third kappa shape index (κ3) is 4.17. The molecule has 1 amide bonds. The standard InChI is InChI=1S/C25H22ClN3O5/c26-18-5-2-16(3-6-18)22-21(23(30)17-4-7-19-20(14-17)34-13-12-33-19)24(31)25(32)29(22)10-1-9-28-11-8-27-15-28/h2-8,11,14-15,21-22H,1,9-10,12-13H2/p+1. The van der Waals surface area contributed by atoms with Gasteiger partial charge in [-0.3, -0.25) is 19.4 Å². The second kappa shape index (κ2) is 9.30. The number of ketones is 2. The Morgan fingerprint density at radius 1 is 1.09 bits per heavy atom. The van der Waals surface area contributed by atoms with Crippen LogP contribution in [-0.2, 0) is 16.1 Å². The van der Waals surface area contributed by atoms with Crippen molar-refractivity contribution in [2.24, 2.45) is 5.92 Å². The van der Waals surface area contributed by atoms with Crippen LogP contribution in [0.5, 0.6) is 11.5 Å². The van der Waals surface area contributed by atoms with E-state index in [-0.39, 0.29) is 0 Å². The number of aromatic nitrogens is 2. The number of likely N-dealkylation sites (tertiary alicyclic amines) is 1. The van der Waals surface area contributed by atoms with Crippen LogP contribution in [0.25, 0.3) is 0 Å². The van der Waals surface area contributed by atoms with Crippen LogP contribution in [0.3, 0.4) is 0 Å². The minimum Gasteiger partial charge on any atom is -0.486 e. The van der Waals surface area contributed by atoms with E-state index in [1.54, 1.807) is 42.5 Å². The van der Waals surface area contributed by atoms with Crippen molar-refractivity contribution in [3.05, 3.63) is 77.3 Å². The number of Topliss-reactive ketones (excluding diaryl/α,β-unsaturated/α-hetero) is 2. The van der Waals surface area contributed by atoms with Gasteiger partial charge in [-0.15, -0.1) is 0 Å². The van der Waals surface area contributed by atoms with Crippen molar-refractivity contribution >= 4 is 29.1 Å². The van der Waals surface area contributed by atoms with E-state index in [4.69, 9.17) is 21.1 Å². The lowest BCUT2D eigenvalue weighted by Crippen LogP contribution is -2.36. The van der Waals surface area contributed by atoms with Gasteiger partial charge in [0.25, 0.3) is 5.91 Å². The van der Waals surface area contributed by atoms with E-state index in [2.05, 4.69) is 4.98 Å². The average molecular weight is 481 g/mol. The summed E-state index contributed by atoms with van der Waals surface area (Å²) in [5, 5.41) is 0.532. The van der Waals surface area contributed by atoms with Crippen molar-refractivity contribution in [2.45, 2.75) is 19.0 Å². The Balaban J connectivity index is 1.46. The number of carbonyl (C=O) groups is 3. The number of fused-ring (bicyclic) bond motifs is 1. The molecule has 0 saturated carbocycles. The Labute approximate surface area is 201 Å². The normalized spacial score (nSPS) is 19.5. The number of halogens is 1. The van der Waals surface area contributed by atoms with Crippen molar-refractivity contribution in [3.8, 4) is 11.5 Å². The number of rotatable bonds is 7. The van der Waals surface area contributed by atoms with E-state index < -0.39 is 29.4 Å². The van der Waals surface area contributed by atoms with Crippen molar-refractivity contribution in [3.63, 3.8) is 0 Å². The molecule has 0 spiro atoms. The molecule has 0 aliphatic carbocycles. The zero-order valence-electron chi connectivity index (χ0n) is 18.3. The van der Waals surface area contributed by atoms with Crippen molar-refractivity contribution in [2.75, 3.05) is 19.8 Å². The molecule has 1 saturated heterocycles. The molecule has 3 heterocycles. The first kappa shape index (κ1) is 22.2. The number of hydrogen-bond acceptors (Lipinski definition) is 5. The van der Waals surface area contributed by atoms with Gasteiger partial charge in [0.1, 0.15) is 31.5 Å². The fourth-order valence-electron chi connectivity index (χ4n) is 4.52. The largest absolute Gasteiger partial charge is 0.486 e. The number of nitrogens with zero attached hydrogens (tertiary/aromatic N) is 2. The van der Waals surface area contributed by atoms with Gasteiger partial charge in [-0.25, -0.2) is 4.57 Å². The van der Waals surface area contributed by atoms with Crippen molar-refractivity contribution in [1.29, 1.82) is 0 Å². The summed E-state index contributed by atoms with van der Waals surface area (Å²) in [6, 6.07) is 11.1. The van der Waals surface area contributed by atoms with E-state index in [0.29, 0.717) is 60.4 Å². The topological polar surface area (TPSA) is 92.6 Å². The van der Waals surface area contributed by atoms with Gasteiger partial charge in [0, 0.05) is 23.6 Å². The SMILES string of the molecule is O=C1C(=O)N(CCC[n+]2cc[nH]c2)C(c2ccc(Cl)cc2)C1C(=O)c1ccc2c(c1)OCCO2. The molecule has 2 atom stereocenters. The van der Waals surface area contributed by atoms with Crippen LogP contribution in [0.15, 0.2) is 61.2 Å². The van der Waals surface area contributed by atoms with Crippen LogP contribution in [-0.4, -0.2) is 47.1 Å². The van der Waals surface area contributed by atoms with Gasteiger partial charge < -0.3 is 14.4 Å². The maximum absolute atomic E-state index is 13.6. The van der Waals surface area contributed by atoms with Crippen molar-refractivity contribution in [1.82, 2.24) is 9.88 Å². The summed E-state index contributed by atoms with van der Waals surface area (Å²) in [6.07, 6.45) is 6.14. The Morgan fingerprint density at radius 3 is 2.59 bits per heavy atom. The third-order valence-electron chi connectivity index (χ3n) is 6.14. The number of hydrogen-bond donors (Lipinski definition) is 1. The number of aryl methyl sites for hydroxylation is 1. The van der Waals surface area contributed by atoms with E-state index in [1.165, 1.54) is 4.90 Å². The fraction of sp³-hybridized carbons (Fsp3) is 0.280. The van der Waals surface area contributed by atoms with E-state index in [0.717, 1.165) is 0 Å². The number of imidazole rings is 1. The van der Waals surface area contributed by atoms with Crippen LogP contribution in [0, 0.1) is 5.92 Å². The Bertz CT molecular complexity index is 1230. The van der Waals surface area contributed by atoms with Gasteiger partial charge in [-0.2, -0.15) is 0 Å². The van der Waals surface area contributed by atoms with E-state index in [1.807, 2.05) is 23.3 Å². The molecular formula is C25H23ClN3O5+. The summed E-state index contributed by atoms with van der Waals surface area (Å²) in [5.41, 5.74) is 0.993. The lowest BCUT2D eigenvalue weighted by atomic mass is 9.86. The minimum atomic E-state index is -1.16. The third-order valence-corrected chi connectivity index (χ3v) is 6.40. The molecule has 2 unspecified atom stereocenters. The van der Waals surface area contributed by atoms with Gasteiger partial charge in [-0.05, 0) is 35.9 Å². The van der Waals surface area contributed by atoms with Gasteiger partial charge in [0.05, 0.1) is 12.6 Å². The molecule has 8 nitrogen and oxygen atoms in total. The second-order valence-electron chi connectivity index (χ2n) is 8.26. The molecule has 5 rings (SSSR count). The first-order chi connectivity index (χ1) is 16.5. The summed E-state index contributed by atoms with van der Waals surface area (Å²) < 4.78 is 13.1. The minimum absolute atomic E-state index is 0.305. The zero-order valence-corrected chi connectivity index (χ0v) is 19.0. The van der Waals surface area contributed by atoms with Gasteiger partial charge in [-0.1, -0.05) is 23.7 Å². The zero-order chi connectivity index (χ0) is 23.7. The number of benzene rings is 2. The highest BCUT2D eigenvalue weighted by Gasteiger charge is 2.51. The molecular weight excluding hydrogens is 458 g/mol. The molecule has 0 bridgehead atoms. The lowest BCUT2D eigenvalue weighted by molar-refractivity contribution is -0.695. The van der Waals surface area contributed by atoms with Crippen molar-refractivity contribution < 1.29 is 28.4 Å². The molecule has 1 N–H and O–H groups in total. The number of ether oxygens (including phenoxy) is 2. The molecule has 2 aliphatic heterocycles. The highest BCUT2D eigenvalue weighted by atomic mass is 35.5. The van der Waals surface area contributed by atoms with Crippen LogP contribution >= 0.6 is 11.6 Å². The molecule has 0 radical (unpaired) electrons. The monoisotopic (exact) mass is 480 g/mol. The first-order valence-electron chi connectivity index (χ1n) is 11.1. The maximum atomic E-state index is 13.6. The molecule has 2 aliphatic rings. The second-order valence-corrected chi connectivity index (χ2v) is 8.70. The molecule has 2 aromatic carbocycles. The predicted octanol–water partition coefficient (Wildman–Crippen LogP) is 2.77.